The summed E-state index contributed by atoms with van der Waals surface area (Å²) >= 11 is 0. The highest BCUT2D eigenvalue weighted by molar-refractivity contribution is 5.40. The van der Waals surface area contributed by atoms with Gasteiger partial charge >= 0.3 is 0 Å². The first-order valence-corrected chi connectivity index (χ1v) is 7.46. The molecule has 0 spiro atoms. The Morgan fingerprint density at radius 3 is 2.55 bits per heavy atom. The largest absolute Gasteiger partial charge is 0.316 e. The summed E-state index contributed by atoms with van der Waals surface area (Å²) in [6.07, 6.45) is 7.00. The van der Waals surface area contributed by atoms with E-state index in [0.29, 0.717) is 6.04 Å². The number of para-hydroxylation sites is 1. The molecule has 0 bridgehead atoms. The second-order valence-corrected chi connectivity index (χ2v) is 6.15. The number of nitrogens with zero attached hydrogens (tertiary/aromatic N) is 1. The van der Waals surface area contributed by atoms with Crippen molar-refractivity contribution in [2.24, 2.45) is 5.41 Å². The second-order valence-electron chi connectivity index (χ2n) is 6.15. The molecule has 0 aromatic heterocycles. The van der Waals surface area contributed by atoms with Crippen LogP contribution < -0.4 is 5.32 Å². The maximum atomic E-state index is 11.1. The fourth-order valence-corrected chi connectivity index (χ4v) is 3.49. The van der Waals surface area contributed by atoms with Crippen LogP contribution in [-0.4, -0.2) is 18.0 Å². The Morgan fingerprint density at radius 1 is 1.30 bits per heavy atom. The van der Waals surface area contributed by atoms with E-state index in [1.807, 2.05) is 19.2 Å². The van der Waals surface area contributed by atoms with Crippen molar-refractivity contribution >= 4 is 5.69 Å². The van der Waals surface area contributed by atoms with E-state index in [0.717, 1.165) is 12.0 Å². The summed E-state index contributed by atoms with van der Waals surface area (Å²) < 4.78 is 0. The second kappa shape index (κ2) is 6.35. The van der Waals surface area contributed by atoms with Gasteiger partial charge in [-0.3, -0.25) is 10.1 Å². The van der Waals surface area contributed by atoms with Crippen molar-refractivity contribution in [3.63, 3.8) is 0 Å². The summed E-state index contributed by atoms with van der Waals surface area (Å²) in [6, 6.07) is 7.40. The van der Waals surface area contributed by atoms with Crippen LogP contribution in [0.5, 0.6) is 0 Å². The van der Waals surface area contributed by atoms with Crippen molar-refractivity contribution in [1.82, 2.24) is 5.32 Å². The predicted molar refractivity (Wildman–Crippen MR) is 80.8 cm³/mol. The zero-order chi connectivity index (χ0) is 14.6. The molecule has 1 aliphatic carbocycles. The van der Waals surface area contributed by atoms with Crippen LogP contribution in [0.25, 0.3) is 0 Å². The molecule has 110 valence electrons. The maximum Gasteiger partial charge on any atom is 0.272 e. The molecule has 1 aliphatic rings. The number of nitro groups is 1. The van der Waals surface area contributed by atoms with Gasteiger partial charge in [0.2, 0.25) is 0 Å². The molecular weight excluding hydrogens is 252 g/mol. The molecule has 0 aliphatic heterocycles. The maximum absolute atomic E-state index is 11.1. The standard InChI is InChI=1S/C16H24N2O2/c1-16(10-6-3-7-11-16)15(17-2)12-13-8-4-5-9-14(13)18(19)20/h4-5,8-9,15,17H,3,6-7,10-12H2,1-2H3. The van der Waals surface area contributed by atoms with E-state index in [1.54, 1.807) is 12.1 Å². The summed E-state index contributed by atoms with van der Waals surface area (Å²) in [5, 5.41) is 14.5. The number of nitrogens with one attached hydrogen (secondary N) is 1. The number of hydrogen-bond acceptors (Lipinski definition) is 3. The zero-order valence-corrected chi connectivity index (χ0v) is 12.4. The molecule has 0 heterocycles. The molecule has 1 aromatic carbocycles. The fraction of sp³-hybridized carbons (Fsp3) is 0.625. The number of nitro benzene ring substituents is 1. The molecule has 1 atom stereocenters. The third-order valence-corrected chi connectivity index (χ3v) is 4.80. The molecule has 0 radical (unpaired) electrons. The number of likely N-dealkylation sites (N-methyl/N-ethyl adjacent to an activating group) is 1. The number of benzene rings is 1. The van der Waals surface area contributed by atoms with Crippen molar-refractivity contribution in [2.75, 3.05) is 7.05 Å². The van der Waals surface area contributed by atoms with Crippen molar-refractivity contribution in [3.05, 3.63) is 39.9 Å². The van der Waals surface area contributed by atoms with E-state index in [-0.39, 0.29) is 16.0 Å². The zero-order valence-electron chi connectivity index (χ0n) is 12.4. The molecule has 0 saturated heterocycles. The van der Waals surface area contributed by atoms with Crippen LogP contribution >= 0.6 is 0 Å². The fourth-order valence-electron chi connectivity index (χ4n) is 3.49. The van der Waals surface area contributed by atoms with Gasteiger partial charge in [0.15, 0.2) is 0 Å². The number of rotatable bonds is 5. The Kier molecular flexibility index (Phi) is 4.76. The molecule has 1 fully saturated rings. The summed E-state index contributed by atoms with van der Waals surface area (Å²) in [4.78, 5) is 10.9. The van der Waals surface area contributed by atoms with Gasteiger partial charge in [-0.25, -0.2) is 0 Å². The topological polar surface area (TPSA) is 55.2 Å². The quantitative estimate of drug-likeness (QED) is 0.659. The molecule has 1 aromatic rings. The Bertz CT molecular complexity index is 467. The van der Waals surface area contributed by atoms with Gasteiger partial charge in [-0.1, -0.05) is 44.4 Å². The minimum absolute atomic E-state index is 0.243. The average molecular weight is 276 g/mol. The lowest BCUT2D eigenvalue weighted by molar-refractivity contribution is -0.385. The van der Waals surface area contributed by atoms with Crippen LogP contribution in [0.15, 0.2) is 24.3 Å². The van der Waals surface area contributed by atoms with Gasteiger partial charge in [0, 0.05) is 17.7 Å². The first-order valence-electron chi connectivity index (χ1n) is 7.46. The minimum atomic E-state index is -0.273. The highest BCUT2D eigenvalue weighted by Crippen LogP contribution is 2.40. The highest BCUT2D eigenvalue weighted by atomic mass is 16.6. The minimum Gasteiger partial charge on any atom is -0.316 e. The Labute approximate surface area is 120 Å². The predicted octanol–water partition coefficient (Wildman–Crippen LogP) is 3.70. The monoisotopic (exact) mass is 276 g/mol. The molecule has 4 heteroatoms. The Hall–Kier alpha value is -1.42. The van der Waals surface area contributed by atoms with Crippen LogP contribution in [0.4, 0.5) is 5.69 Å². The normalized spacial score (nSPS) is 19.5. The SMILES string of the molecule is CNC(Cc1ccccc1[N+](=O)[O-])C1(C)CCCCC1. The van der Waals surface area contributed by atoms with E-state index in [1.165, 1.54) is 32.1 Å². The van der Waals surface area contributed by atoms with Crippen LogP contribution in [-0.2, 0) is 6.42 Å². The summed E-state index contributed by atoms with van der Waals surface area (Å²) in [7, 11) is 1.97. The molecule has 2 rings (SSSR count). The molecule has 1 unspecified atom stereocenters. The van der Waals surface area contributed by atoms with Gasteiger partial charge in [0.25, 0.3) is 5.69 Å². The third-order valence-electron chi connectivity index (χ3n) is 4.80. The summed E-state index contributed by atoms with van der Waals surface area (Å²) in [5.41, 5.74) is 1.33. The lowest BCUT2D eigenvalue weighted by Crippen LogP contribution is -2.44. The van der Waals surface area contributed by atoms with Crippen LogP contribution in [0.1, 0.15) is 44.6 Å². The number of hydrogen-bond donors (Lipinski definition) is 1. The van der Waals surface area contributed by atoms with Crippen molar-refractivity contribution in [1.29, 1.82) is 0 Å². The first kappa shape index (κ1) is 15.0. The average Bonchev–Trinajstić information content (AvgIpc) is 2.45. The van der Waals surface area contributed by atoms with Crippen molar-refractivity contribution in [2.45, 2.75) is 51.5 Å². The summed E-state index contributed by atoms with van der Waals surface area (Å²) in [5.74, 6) is 0. The van der Waals surface area contributed by atoms with Crippen LogP contribution in [0.2, 0.25) is 0 Å². The summed E-state index contributed by atoms with van der Waals surface area (Å²) in [6.45, 7) is 2.32. The van der Waals surface area contributed by atoms with Crippen LogP contribution in [0, 0.1) is 15.5 Å². The van der Waals surface area contributed by atoms with Gasteiger partial charge in [-0.05, 0) is 31.7 Å². The van der Waals surface area contributed by atoms with Crippen molar-refractivity contribution < 1.29 is 4.92 Å². The lowest BCUT2D eigenvalue weighted by atomic mass is 9.69. The van der Waals surface area contributed by atoms with Gasteiger partial charge < -0.3 is 5.32 Å². The highest BCUT2D eigenvalue weighted by Gasteiger charge is 2.35. The van der Waals surface area contributed by atoms with E-state index < -0.39 is 0 Å². The molecule has 4 nitrogen and oxygen atoms in total. The van der Waals surface area contributed by atoms with Crippen molar-refractivity contribution in [3.8, 4) is 0 Å². The third kappa shape index (κ3) is 3.18. The van der Waals surface area contributed by atoms with Gasteiger partial charge in [-0.2, -0.15) is 0 Å². The van der Waals surface area contributed by atoms with E-state index in [4.69, 9.17) is 0 Å². The van der Waals surface area contributed by atoms with Gasteiger partial charge in [0.05, 0.1) is 4.92 Å². The van der Waals surface area contributed by atoms with Crippen LogP contribution in [0.3, 0.4) is 0 Å². The molecule has 20 heavy (non-hydrogen) atoms. The first-order chi connectivity index (χ1) is 9.57. The lowest BCUT2D eigenvalue weighted by Gasteiger charge is -2.41. The Balaban J connectivity index is 2.20. The Morgan fingerprint density at radius 2 is 1.95 bits per heavy atom. The smallest absolute Gasteiger partial charge is 0.272 e. The van der Waals surface area contributed by atoms with E-state index >= 15 is 0 Å². The van der Waals surface area contributed by atoms with Gasteiger partial charge in [0.1, 0.15) is 0 Å². The molecular formula is C16H24N2O2. The van der Waals surface area contributed by atoms with Gasteiger partial charge in [-0.15, -0.1) is 0 Å². The molecule has 1 saturated carbocycles. The van der Waals surface area contributed by atoms with E-state index in [2.05, 4.69) is 12.2 Å². The molecule has 1 N–H and O–H groups in total. The van der Waals surface area contributed by atoms with E-state index in [9.17, 15) is 10.1 Å². The molecule has 0 amide bonds.